The van der Waals surface area contributed by atoms with Crippen LogP contribution in [0.15, 0.2) is 0 Å². The highest BCUT2D eigenvalue weighted by Gasteiger charge is 2.14. The fourth-order valence-corrected chi connectivity index (χ4v) is 1.94. The first-order valence-electron chi connectivity index (χ1n) is 7.92. The van der Waals surface area contributed by atoms with Crippen molar-refractivity contribution >= 4 is 11.8 Å². The molecule has 3 nitrogen and oxygen atoms in total. The van der Waals surface area contributed by atoms with Crippen LogP contribution in [0.25, 0.3) is 0 Å². The molecule has 112 valence electrons. The minimum atomic E-state index is -0.633. The van der Waals surface area contributed by atoms with Crippen LogP contribution in [0.5, 0.6) is 0 Å². The van der Waals surface area contributed by atoms with E-state index in [1.165, 1.54) is 32.1 Å². The molecule has 0 aliphatic rings. The summed E-state index contributed by atoms with van der Waals surface area (Å²) < 4.78 is 4.97. The largest absolute Gasteiger partial charge is 0.460 e. The van der Waals surface area contributed by atoms with Crippen LogP contribution < -0.4 is 0 Å². The molecular weight excluding hydrogens is 240 g/mol. The van der Waals surface area contributed by atoms with E-state index in [1.807, 2.05) is 0 Å². The second kappa shape index (κ2) is 13.6. The third-order valence-electron chi connectivity index (χ3n) is 3.22. The molecule has 0 rings (SSSR count). The molecule has 0 atom stereocenters. The van der Waals surface area contributed by atoms with Gasteiger partial charge in [0, 0.05) is 6.42 Å². The normalized spacial score (nSPS) is 10.4. The highest BCUT2D eigenvalue weighted by Crippen LogP contribution is 2.06. The van der Waals surface area contributed by atoms with Gasteiger partial charge in [-0.3, -0.25) is 4.79 Å². The molecule has 0 fully saturated rings. The van der Waals surface area contributed by atoms with Crippen molar-refractivity contribution in [1.82, 2.24) is 0 Å². The maximum absolute atomic E-state index is 11.5. The van der Waals surface area contributed by atoms with Gasteiger partial charge in [-0.25, -0.2) is 4.79 Å². The highest BCUT2D eigenvalue weighted by molar-refractivity contribution is 6.33. The number of hydrogen-bond donors (Lipinski definition) is 0. The number of Topliss-reactive ketones (excluding diaryl/α,β-unsaturated/α-hetero) is 1. The van der Waals surface area contributed by atoms with Crippen LogP contribution >= 0.6 is 0 Å². The summed E-state index contributed by atoms with van der Waals surface area (Å²) in [6, 6.07) is 0. The van der Waals surface area contributed by atoms with Crippen LogP contribution in [0.4, 0.5) is 0 Å². The molecule has 0 bridgehead atoms. The number of rotatable bonds is 13. The lowest BCUT2D eigenvalue weighted by atomic mass is 10.1. The van der Waals surface area contributed by atoms with Crippen molar-refractivity contribution < 1.29 is 14.3 Å². The van der Waals surface area contributed by atoms with E-state index in [4.69, 9.17) is 4.74 Å². The number of carbonyl (C=O) groups is 2. The first-order chi connectivity index (χ1) is 9.22. The number of esters is 1. The van der Waals surface area contributed by atoms with Crippen LogP contribution in [0.3, 0.4) is 0 Å². The van der Waals surface area contributed by atoms with E-state index >= 15 is 0 Å². The molecule has 3 heteroatoms. The van der Waals surface area contributed by atoms with Crippen LogP contribution in [0.2, 0.25) is 0 Å². The molecule has 0 N–H and O–H groups in total. The number of carbonyl (C=O) groups excluding carboxylic acids is 2. The zero-order valence-corrected chi connectivity index (χ0v) is 12.7. The van der Waals surface area contributed by atoms with Gasteiger partial charge in [-0.2, -0.15) is 0 Å². The predicted octanol–water partition coefficient (Wildman–Crippen LogP) is 4.43. The number of unbranched alkanes of at least 4 members (excludes halogenated alkanes) is 8. The molecule has 0 saturated heterocycles. The first-order valence-corrected chi connectivity index (χ1v) is 7.92. The third-order valence-corrected chi connectivity index (χ3v) is 3.22. The Morgan fingerprint density at radius 3 is 1.84 bits per heavy atom. The smallest absolute Gasteiger partial charge is 0.374 e. The average Bonchev–Trinajstić information content (AvgIpc) is 2.42. The van der Waals surface area contributed by atoms with Gasteiger partial charge in [-0.15, -0.1) is 0 Å². The molecule has 0 aromatic rings. The number of ketones is 1. The van der Waals surface area contributed by atoms with E-state index in [0.717, 1.165) is 32.1 Å². The quantitative estimate of drug-likeness (QED) is 0.282. The van der Waals surface area contributed by atoms with Gasteiger partial charge in [-0.1, -0.05) is 65.2 Å². The van der Waals surface area contributed by atoms with Crippen molar-refractivity contribution in [2.75, 3.05) is 6.61 Å². The predicted molar refractivity (Wildman–Crippen MR) is 78.1 cm³/mol. The molecule has 19 heavy (non-hydrogen) atoms. The molecule has 0 aliphatic heterocycles. The topological polar surface area (TPSA) is 43.4 Å². The molecule has 0 aromatic heterocycles. The Bertz CT molecular complexity index is 236. The standard InChI is InChI=1S/C16H30O3/c1-3-5-7-9-11-13-15(17)16(18)19-14-12-10-8-6-4-2/h3-14H2,1-2H3. The minimum Gasteiger partial charge on any atom is -0.460 e. The molecule has 0 aromatic carbocycles. The summed E-state index contributed by atoms with van der Waals surface area (Å²) >= 11 is 0. The summed E-state index contributed by atoms with van der Waals surface area (Å²) in [5.74, 6) is -0.990. The van der Waals surface area contributed by atoms with Crippen LogP contribution in [-0.2, 0) is 14.3 Å². The minimum absolute atomic E-state index is 0.346. The fraction of sp³-hybridized carbons (Fsp3) is 0.875. The van der Waals surface area contributed by atoms with Gasteiger partial charge in [0.25, 0.3) is 0 Å². The molecule has 0 heterocycles. The van der Waals surface area contributed by atoms with Gasteiger partial charge in [0.05, 0.1) is 6.61 Å². The van der Waals surface area contributed by atoms with Crippen LogP contribution in [-0.4, -0.2) is 18.4 Å². The van der Waals surface area contributed by atoms with Crippen molar-refractivity contribution in [2.24, 2.45) is 0 Å². The van der Waals surface area contributed by atoms with E-state index in [0.29, 0.717) is 13.0 Å². The summed E-state index contributed by atoms with van der Waals surface area (Å²) in [5, 5.41) is 0. The Balaban J connectivity index is 3.41. The summed E-state index contributed by atoms with van der Waals surface area (Å²) in [6.07, 6.45) is 11.3. The highest BCUT2D eigenvalue weighted by atomic mass is 16.5. The first kappa shape index (κ1) is 18.1. The average molecular weight is 270 g/mol. The maximum Gasteiger partial charge on any atom is 0.374 e. The molecule has 0 saturated carbocycles. The molecule has 0 unspecified atom stereocenters. The van der Waals surface area contributed by atoms with Crippen molar-refractivity contribution in [3.63, 3.8) is 0 Å². The lowest BCUT2D eigenvalue weighted by Gasteiger charge is -2.04. The molecule has 0 amide bonds. The van der Waals surface area contributed by atoms with Crippen LogP contribution in [0.1, 0.15) is 84.5 Å². The van der Waals surface area contributed by atoms with E-state index in [1.54, 1.807) is 0 Å². The Labute approximate surface area is 118 Å². The van der Waals surface area contributed by atoms with Gasteiger partial charge in [0.2, 0.25) is 5.78 Å². The molecule has 0 spiro atoms. The van der Waals surface area contributed by atoms with E-state index in [9.17, 15) is 9.59 Å². The van der Waals surface area contributed by atoms with Crippen molar-refractivity contribution in [3.05, 3.63) is 0 Å². The van der Waals surface area contributed by atoms with Gasteiger partial charge in [0.1, 0.15) is 0 Å². The summed E-state index contributed by atoms with van der Waals surface area (Å²) in [4.78, 5) is 22.8. The van der Waals surface area contributed by atoms with Gasteiger partial charge in [0.15, 0.2) is 0 Å². The van der Waals surface area contributed by atoms with Crippen molar-refractivity contribution in [3.8, 4) is 0 Å². The monoisotopic (exact) mass is 270 g/mol. The molecular formula is C16H30O3. The number of ether oxygens (including phenoxy) is 1. The van der Waals surface area contributed by atoms with E-state index in [2.05, 4.69) is 13.8 Å². The lowest BCUT2D eigenvalue weighted by Crippen LogP contribution is -2.17. The third kappa shape index (κ3) is 11.9. The van der Waals surface area contributed by atoms with Gasteiger partial charge >= 0.3 is 5.97 Å². The zero-order chi connectivity index (χ0) is 14.3. The van der Waals surface area contributed by atoms with Crippen LogP contribution in [0, 0.1) is 0 Å². The Hall–Kier alpha value is -0.860. The van der Waals surface area contributed by atoms with E-state index < -0.39 is 5.97 Å². The van der Waals surface area contributed by atoms with Gasteiger partial charge in [-0.05, 0) is 12.8 Å². The zero-order valence-electron chi connectivity index (χ0n) is 12.7. The van der Waals surface area contributed by atoms with E-state index in [-0.39, 0.29) is 5.78 Å². The fourth-order valence-electron chi connectivity index (χ4n) is 1.94. The van der Waals surface area contributed by atoms with Crippen molar-refractivity contribution in [1.29, 1.82) is 0 Å². The van der Waals surface area contributed by atoms with Crippen molar-refractivity contribution in [2.45, 2.75) is 84.5 Å². The SMILES string of the molecule is CCCCCCCOC(=O)C(=O)CCCCCCC. The Kier molecular flexibility index (Phi) is 13.0. The summed E-state index contributed by atoms with van der Waals surface area (Å²) in [6.45, 7) is 4.71. The summed E-state index contributed by atoms with van der Waals surface area (Å²) in [5.41, 5.74) is 0. The molecule has 0 aliphatic carbocycles. The maximum atomic E-state index is 11.5. The summed E-state index contributed by atoms with van der Waals surface area (Å²) in [7, 11) is 0. The van der Waals surface area contributed by atoms with Gasteiger partial charge < -0.3 is 4.74 Å². The second-order valence-corrected chi connectivity index (χ2v) is 5.14. The lowest BCUT2D eigenvalue weighted by molar-refractivity contribution is -0.154. The molecule has 0 radical (unpaired) electrons. The number of hydrogen-bond acceptors (Lipinski definition) is 3. The Morgan fingerprint density at radius 2 is 1.26 bits per heavy atom. The Morgan fingerprint density at radius 1 is 0.737 bits per heavy atom. The second-order valence-electron chi connectivity index (χ2n) is 5.14.